The van der Waals surface area contributed by atoms with Crippen LogP contribution in [0.15, 0.2) is 4.99 Å². The van der Waals surface area contributed by atoms with E-state index in [-0.39, 0.29) is 24.0 Å². The molecule has 0 aromatic carbocycles. The summed E-state index contributed by atoms with van der Waals surface area (Å²) in [5, 5.41) is 6.93. The topological polar surface area (TPSA) is 39.7 Å². The van der Waals surface area contributed by atoms with Crippen molar-refractivity contribution in [2.75, 3.05) is 39.8 Å². The summed E-state index contributed by atoms with van der Waals surface area (Å²) in [4.78, 5) is 6.86. The summed E-state index contributed by atoms with van der Waals surface area (Å²) in [6.45, 7) is 10.3. The molecule has 1 saturated heterocycles. The number of guanidine groups is 1. The Morgan fingerprint density at radius 1 is 1.04 bits per heavy atom. The molecule has 1 atom stereocenters. The number of likely N-dealkylation sites (tertiary alicyclic amines) is 1. The molecule has 0 aromatic heterocycles. The molecule has 0 aliphatic carbocycles. The van der Waals surface area contributed by atoms with Gasteiger partial charge in [-0.25, -0.2) is 0 Å². The fourth-order valence-electron chi connectivity index (χ4n) is 3.12. The second-order valence-corrected chi connectivity index (χ2v) is 6.55. The third kappa shape index (κ3) is 11.2. The maximum absolute atomic E-state index is 4.33. The van der Waals surface area contributed by atoms with E-state index < -0.39 is 0 Å². The van der Waals surface area contributed by atoms with E-state index in [9.17, 15) is 0 Å². The largest absolute Gasteiger partial charge is 0.356 e. The summed E-state index contributed by atoms with van der Waals surface area (Å²) < 4.78 is 0. The molecule has 0 aromatic rings. The monoisotopic (exact) mass is 438 g/mol. The van der Waals surface area contributed by atoms with Crippen LogP contribution in [0.1, 0.15) is 65.2 Å². The van der Waals surface area contributed by atoms with Crippen molar-refractivity contribution < 1.29 is 0 Å². The number of hydrogen-bond donors (Lipinski definition) is 2. The Bertz CT molecular complexity index is 297. The highest BCUT2D eigenvalue weighted by Gasteiger charge is 2.20. The number of hydrogen-bond acceptors (Lipinski definition) is 2. The molecule has 1 fully saturated rings. The summed E-state index contributed by atoms with van der Waals surface area (Å²) in [6.07, 6.45) is 10.8. The van der Waals surface area contributed by atoms with E-state index in [1.54, 1.807) is 0 Å². The zero-order chi connectivity index (χ0) is 16.0. The van der Waals surface area contributed by atoms with E-state index in [0.717, 1.165) is 25.0 Å². The van der Waals surface area contributed by atoms with E-state index in [1.165, 1.54) is 71.0 Å². The minimum Gasteiger partial charge on any atom is -0.356 e. The van der Waals surface area contributed by atoms with Crippen LogP contribution in [0.5, 0.6) is 0 Å². The van der Waals surface area contributed by atoms with Crippen molar-refractivity contribution in [1.82, 2.24) is 15.5 Å². The van der Waals surface area contributed by atoms with Crippen LogP contribution in [0.4, 0.5) is 0 Å². The highest BCUT2D eigenvalue weighted by Crippen LogP contribution is 2.14. The molecule has 0 spiro atoms. The van der Waals surface area contributed by atoms with Gasteiger partial charge in [0.1, 0.15) is 0 Å². The molecule has 1 heterocycles. The molecule has 1 aliphatic heterocycles. The smallest absolute Gasteiger partial charge is 0.190 e. The molecule has 1 aliphatic rings. The van der Waals surface area contributed by atoms with Gasteiger partial charge in [0.25, 0.3) is 0 Å². The summed E-state index contributed by atoms with van der Waals surface area (Å²) >= 11 is 0. The number of rotatable bonds is 11. The lowest BCUT2D eigenvalue weighted by Crippen LogP contribution is -2.40. The van der Waals surface area contributed by atoms with Crippen molar-refractivity contribution >= 4 is 29.9 Å². The SMILES string of the molecule is CCCCCCCCCNC(=NC)NCC1CCN(CC)C1.I. The molecular weight excluding hydrogens is 399 g/mol. The molecule has 0 amide bonds. The van der Waals surface area contributed by atoms with E-state index in [2.05, 4.69) is 34.4 Å². The second kappa shape index (κ2) is 15.5. The number of aliphatic imine (C=N–C) groups is 1. The maximum Gasteiger partial charge on any atom is 0.190 e. The Hall–Kier alpha value is -0.0400. The van der Waals surface area contributed by atoms with Crippen LogP contribution in [0.2, 0.25) is 0 Å². The average molecular weight is 438 g/mol. The number of unbranched alkanes of at least 4 members (excludes halogenated alkanes) is 6. The third-order valence-corrected chi connectivity index (χ3v) is 4.67. The molecule has 0 saturated carbocycles. The highest BCUT2D eigenvalue weighted by molar-refractivity contribution is 14.0. The van der Waals surface area contributed by atoms with Gasteiger partial charge in [-0.05, 0) is 31.8 Å². The number of halogens is 1. The minimum absolute atomic E-state index is 0. The van der Waals surface area contributed by atoms with E-state index in [0.29, 0.717) is 0 Å². The molecule has 0 bridgehead atoms. The van der Waals surface area contributed by atoms with Crippen LogP contribution in [0, 0.1) is 5.92 Å². The molecule has 23 heavy (non-hydrogen) atoms. The Kier molecular flexibility index (Phi) is 15.5. The van der Waals surface area contributed by atoms with Gasteiger partial charge < -0.3 is 15.5 Å². The lowest BCUT2D eigenvalue weighted by molar-refractivity contribution is 0.342. The lowest BCUT2D eigenvalue weighted by Gasteiger charge is -2.16. The molecular formula is C18H39IN4. The van der Waals surface area contributed by atoms with Crippen LogP contribution < -0.4 is 10.6 Å². The fourth-order valence-corrected chi connectivity index (χ4v) is 3.12. The minimum atomic E-state index is 0. The second-order valence-electron chi connectivity index (χ2n) is 6.55. The van der Waals surface area contributed by atoms with E-state index in [4.69, 9.17) is 0 Å². The van der Waals surface area contributed by atoms with Crippen molar-refractivity contribution in [3.8, 4) is 0 Å². The molecule has 2 N–H and O–H groups in total. The van der Waals surface area contributed by atoms with Crippen molar-refractivity contribution in [1.29, 1.82) is 0 Å². The molecule has 1 rings (SSSR count). The fraction of sp³-hybridized carbons (Fsp3) is 0.944. The Morgan fingerprint density at radius 2 is 1.74 bits per heavy atom. The van der Waals surface area contributed by atoms with Gasteiger partial charge >= 0.3 is 0 Å². The normalized spacial score (nSPS) is 18.7. The molecule has 4 nitrogen and oxygen atoms in total. The highest BCUT2D eigenvalue weighted by atomic mass is 127. The van der Waals surface area contributed by atoms with Gasteiger partial charge in [0.05, 0.1) is 0 Å². The van der Waals surface area contributed by atoms with Crippen molar-refractivity contribution in [3.63, 3.8) is 0 Å². The van der Waals surface area contributed by atoms with Crippen molar-refractivity contribution in [2.45, 2.75) is 65.2 Å². The van der Waals surface area contributed by atoms with Gasteiger partial charge in [0.15, 0.2) is 5.96 Å². The predicted octanol–water partition coefficient (Wildman–Crippen LogP) is 3.86. The van der Waals surface area contributed by atoms with Gasteiger partial charge in [0, 0.05) is 26.7 Å². The summed E-state index contributed by atoms with van der Waals surface area (Å²) in [5.41, 5.74) is 0. The van der Waals surface area contributed by atoms with E-state index in [1.807, 2.05) is 7.05 Å². The standard InChI is InChI=1S/C18H38N4.HI/c1-4-6-7-8-9-10-11-13-20-18(19-3)21-15-17-12-14-22(5-2)16-17;/h17H,4-16H2,1-3H3,(H2,19,20,21);1H. The number of nitrogens with zero attached hydrogens (tertiary/aromatic N) is 2. The number of nitrogens with one attached hydrogen (secondary N) is 2. The van der Waals surface area contributed by atoms with Gasteiger partial charge in [0.2, 0.25) is 0 Å². The van der Waals surface area contributed by atoms with E-state index >= 15 is 0 Å². The van der Waals surface area contributed by atoms with Gasteiger partial charge in [-0.3, -0.25) is 4.99 Å². The molecule has 5 heteroatoms. The van der Waals surface area contributed by atoms with Crippen molar-refractivity contribution in [3.05, 3.63) is 0 Å². The molecule has 138 valence electrons. The first-order valence-electron chi connectivity index (χ1n) is 9.47. The van der Waals surface area contributed by atoms with Crippen LogP contribution >= 0.6 is 24.0 Å². The first-order chi connectivity index (χ1) is 10.8. The maximum atomic E-state index is 4.33. The van der Waals surface area contributed by atoms with Gasteiger partial charge in [-0.1, -0.05) is 52.4 Å². The Morgan fingerprint density at radius 3 is 2.35 bits per heavy atom. The van der Waals surface area contributed by atoms with Crippen molar-refractivity contribution in [2.24, 2.45) is 10.9 Å². The van der Waals surface area contributed by atoms with Crippen LogP contribution in [0.25, 0.3) is 0 Å². The molecule has 0 radical (unpaired) electrons. The Balaban J connectivity index is 0.00000484. The summed E-state index contributed by atoms with van der Waals surface area (Å²) in [7, 11) is 1.87. The van der Waals surface area contributed by atoms with Gasteiger partial charge in [-0.2, -0.15) is 0 Å². The molecule has 1 unspecified atom stereocenters. The first-order valence-corrected chi connectivity index (χ1v) is 9.47. The zero-order valence-electron chi connectivity index (χ0n) is 15.6. The zero-order valence-corrected chi connectivity index (χ0v) is 17.9. The average Bonchev–Trinajstić information content (AvgIpc) is 3.01. The lowest BCUT2D eigenvalue weighted by atomic mass is 10.1. The van der Waals surface area contributed by atoms with Crippen LogP contribution in [0.3, 0.4) is 0 Å². The quantitative estimate of drug-likeness (QED) is 0.223. The summed E-state index contributed by atoms with van der Waals surface area (Å²) in [5.74, 6) is 1.75. The Labute approximate surface area is 161 Å². The first kappa shape index (κ1) is 23.0. The van der Waals surface area contributed by atoms with Crippen LogP contribution in [-0.4, -0.2) is 50.6 Å². The summed E-state index contributed by atoms with van der Waals surface area (Å²) in [6, 6.07) is 0. The predicted molar refractivity (Wildman–Crippen MR) is 113 cm³/mol. The van der Waals surface area contributed by atoms with Gasteiger partial charge in [-0.15, -0.1) is 24.0 Å². The van der Waals surface area contributed by atoms with Crippen LogP contribution in [-0.2, 0) is 0 Å². The third-order valence-electron chi connectivity index (χ3n) is 4.67.